The number of hydrazine groups is 1. The molecule has 1 fully saturated rings. The van der Waals surface area contributed by atoms with Crippen LogP contribution in [0.1, 0.15) is 33.7 Å². The highest BCUT2D eigenvalue weighted by molar-refractivity contribution is 5.95. The van der Waals surface area contributed by atoms with Crippen molar-refractivity contribution < 1.29 is 23.5 Å². The summed E-state index contributed by atoms with van der Waals surface area (Å²) in [4.78, 5) is 53.3. The summed E-state index contributed by atoms with van der Waals surface area (Å²) in [5.74, 6) is -1.80. The van der Waals surface area contributed by atoms with Gasteiger partial charge in [-0.1, -0.05) is 12.1 Å². The van der Waals surface area contributed by atoms with Gasteiger partial charge >= 0.3 is 11.7 Å². The predicted molar refractivity (Wildman–Crippen MR) is 108 cm³/mol. The molecule has 0 bridgehead atoms. The second kappa shape index (κ2) is 8.42. The lowest BCUT2D eigenvalue weighted by Crippen LogP contribution is -2.45. The first kappa shape index (κ1) is 20.3. The molecule has 160 valence electrons. The number of carbonyl (C=O) groups excluding carboxylic acids is 3. The lowest BCUT2D eigenvalue weighted by atomic mass is 10.2. The van der Waals surface area contributed by atoms with E-state index in [2.05, 4.69) is 9.72 Å². The molecule has 1 aromatic carbocycles. The van der Waals surface area contributed by atoms with E-state index in [0.717, 1.165) is 0 Å². The van der Waals surface area contributed by atoms with E-state index >= 15 is 0 Å². The van der Waals surface area contributed by atoms with E-state index in [4.69, 9.17) is 4.42 Å². The van der Waals surface area contributed by atoms with Crippen molar-refractivity contribution in [2.45, 2.75) is 19.4 Å². The summed E-state index contributed by atoms with van der Waals surface area (Å²) in [5, 5.41) is 2.73. The number of methoxy groups -OCH3 is 1. The van der Waals surface area contributed by atoms with Gasteiger partial charge in [-0.05, 0) is 30.7 Å². The molecule has 4 rings (SSSR count). The molecule has 0 spiro atoms. The van der Waals surface area contributed by atoms with Gasteiger partial charge in [-0.3, -0.25) is 24.1 Å². The number of hydrogen-bond donors (Lipinski definition) is 0. The third-order valence-electron chi connectivity index (χ3n) is 5.08. The fraction of sp³-hybridized carbons (Fsp3) is 0.286. The third-order valence-corrected chi connectivity index (χ3v) is 5.08. The van der Waals surface area contributed by atoms with Crippen LogP contribution in [0, 0.1) is 0 Å². The largest absolute Gasteiger partial charge is 0.465 e. The molecule has 31 heavy (non-hydrogen) atoms. The smallest absolute Gasteiger partial charge is 0.419 e. The number of oxazole rings is 1. The molecule has 10 nitrogen and oxygen atoms in total. The number of rotatable bonds is 5. The van der Waals surface area contributed by atoms with Crippen LogP contribution in [-0.2, 0) is 16.1 Å². The average Bonchev–Trinajstić information content (AvgIpc) is 3.41. The number of aromatic nitrogens is 2. The number of hydrogen-bond acceptors (Lipinski definition) is 7. The maximum absolute atomic E-state index is 12.9. The quantitative estimate of drug-likeness (QED) is 0.570. The predicted octanol–water partition coefficient (Wildman–Crippen LogP) is 1.46. The standard InChI is InChI=1S/C21H20N4O6/c1-30-20(28)14-7-8-15(22-13-14)19(27)25-11-4-10-24(25)18(26)9-12-23-16-5-2-3-6-17(16)31-21(23)29/h2-3,5-8,13H,4,9-12H2,1H3. The molecule has 0 N–H and O–H groups in total. The number of amides is 2. The molecule has 3 heterocycles. The molecule has 10 heteroatoms. The monoisotopic (exact) mass is 424 g/mol. The summed E-state index contributed by atoms with van der Waals surface area (Å²) in [6.07, 6.45) is 1.92. The van der Waals surface area contributed by atoms with Gasteiger partial charge in [0, 0.05) is 32.3 Å². The van der Waals surface area contributed by atoms with Crippen LogP contribution in [0.5, 0.6) is 0 Å². The van der Waals surface area contributed by atoms with E-state index in [-0.39, 0.29) is 30.1 Å². The van der Waals surface area contributed by atoms with Gasteiger partial charge in [-0.15, -0.1) is 0 Å². The van der Waals surface area contributed by atoms with Gasteiger partial charge in [0.25, 0.3) is 5.91 Å². The summed E-state index contributed by atoms with van der Waals surface area (Å²) in [6.45, 7) is 0.907. The van der Waals surface area contributed by atoms with E-state index in [9.17, 15) is 19.2 Å². The Bertz CT molecular complexity index is 1200. The molecule has 2 aromatic heterocycles. The number of aryl methyl sites for hydroxylation is 1. The normalized spacial score (nSPS) is 13.6. The zero-order valence-electron chi connectivity index (χ0n) is 16.8. The van der Waals surface area contributed by atoms with Crippen LogP contribution in [0.3, 0.4) is 0 Å². The number of benzene rings is 1. The SMILES string of the molecule is COC(=O)c1ccc(C(=O)N2CCCN2C(=O)CCn2c(=O)oc3ccccc32)nc1. The summed E-state index contributed by atoms with van der Waals surface area (Å²) >= 11 is 0. The molecule has 0 unspecified atom stereocenters. The fourth-order valence-electron chi connectivity index (χ4n) is 3.54. The van der Waals surface area contributed by atoms with Crippen LogP contribution in [0.4, 0.5) is 0 Å². The minimum atomic E-state index is -0.550. The van der Waals surface area contributed by atoms with Crippen LogP contribution in [-0.4, -0.2) is 57.6 Å². The zero-order valence-corrected chi connectivity index (χ0v) is 16.8. The lowest BCUT2D eigenvalue weighted by Gasteiger charge is -2.27. The van der Waals surface area contributed by atoms with Gasteiger partial charge in [0.05, 0.1) is 18.2 Å². The summed E-state index contributed by atoms with van der Waals surface area (Å²) in [7, 11) is 1.26. The third kappa shape index (κ3) is 3.91. The van der Waals surface area contributed by atoms with Crippen molar-refractivity contribution in [1.29, 1.82) is 0 Å². The Hall–Kier alpha value is -3.95. The molecule has 1 aliphatic heterocycles. The van der Waals surface area contributed by atoms with Gasteiger partial charge in [0.2, 0.25) is 5.91 Å². The molecular weight excluding hydrogens is 404 g/mol. The van der Waals surface area contributed by atoms with E-state index < -0.39 is 17.6 Å². The van der Waals surface area contributed by atoms with Crippen LogP contribution < -0.4 is 5.76 Å². The highest BCUT2D eigenvalue weighted by Gasteiger charge is 2.32. The molecule has 0 atom stereocenters. The first-order valence-corrected chi connectivity index (χ1v) is 9.74. The number of para-hydroxylation sites is 2. The van der Waals surface area contributed by atoms with Crippen LogP contribution in [0.15, 0.2) is 51.8 Å². The minimum Gasteiger partial charge on any atom is -0.465 e. The Kier molecular flexibility index (Phi) is 5.52. The molecular formula is C21H20N4O6. The molecule has 2 amide bonds. The second-order valence-electron chi connectivity index (χ2n) is 6.96. The van der Waals surface area contributed by atoms with E-state index in [0.29, 0.717) is 30.6 Å². The molecule has 1 saturated heterocycles. The van der Waals surface area contributed by atoms with E-state index in [1.165, 1.54) is 40.0 Å². The maximum atomic E-state index is 12.9. The van der Waals surface area contributed by atoms with Gasteiger partial charge in [-0.25, -0.2) is 14.6 Å². The number of nitrogens with zero attached hydrogens (tertiary/aromatic N) is 4. The van der Waals surface area contributed by atoms with Crippen LogP contribution in [0.25, 0.3) is 11.1 Å². The zero-order chi connectivity index (χ0) is 22.0. The molecule has 3 aromatic rings. The van der Waals surface area contributed by atoms with E-state index in [1.54, 1.807) is 24.3 Å². The van der Waals surface area contributed by atoms with Crippen molar-refractivity contribution in [1.82, 2.24) is 19.6 Å². The van der Waals surface area contributed by atoms with Crippen molar-refractivity contribution >= 4 is 28.9 Å². The minimum absolute atomic E-state index is 0.0297. The Balaban J connectivity index is 1.45. The number of esters is 1. The van der Waals surface area contributed by atoms with Crippen molar-refractivity contribution in [2.24, 2.45) is 0 Å². The summed E-state index contributed by atoms with van der Waals surface area (Å²) in [5.41, 5.74) is 1.42. The average molecular weight is 424 g/mol. The first-order chi connectivity index (χ1) is 15.0. The molecule has 0 radical (unpaired) electrons. The van der Waals surface area contributed by atoms with Crippen molar-refractivity contribution in [2.75, 3.05) is 20.2 Å². The Labute approximate surface area is 176 Å². The molecule has 1 aliphatic rings. The molecule has 0 aliphatic carbocycles. The van der Waals surface area contributed by atoms with Crippen molar-refractivity contribution in [3.05, 3.63) is 64.4 Å². The van der Waals surface area contributed by atoms with Crippen LogP contribution >= 0.6 is 0 Å². The first-order valence-electron chi connectivity index (χ1n) is 9.74. The number of pyridine rings is 1. The summed E-state index contributed by atoms with van der Waals surface area (Å²) < 4.78 is 11.2. The number of fused-ring (bicyclic) bond motifs is 1. The van der Waals surface area contributed by atoms with Gasteiger partial charge in [-0.2, -0.15) is 0 Å². The van der Waals surface area contributed by atoms with Gasteiger partial charge in [0.15, 0.2) is 5.58 Å². The van der Waals surface area contributed by atoms with Crippen molar-refractivity contribution in [3.8, 4) is 0 Å². The Morgan fingerprint density at radius 3 is 2.61 bits per heavy atom. The van der Waals surface area contributed by atoms with Gasteiger partial charge < -0.3 is 9.15 Å². The lowest BCUT2D eigenvalue weighted by molar-refractivity contribution is -0.140. The topological polar surface area (TPSA) is 115 Å². The molecule has 0 saturated carbocycles. The van der Waals surface area contributed by atoms with Crippen LogP contribution in [0.2, 0.25) is 0 Å². The fourth-order valence-corrected chi connectivity index (χ4v) is 3.54. The van der Waals surface area contributed by atoms with E-state index in [1.807, 2.05) is 0 Å². The Morgan fingerprint density at radius 1 is 1.10 bits per heavy atom. The number of carbonyl (C=O) groups is 3. The highest BCUT2D eigenvalue weighted by atomic mass is 16.5. The second-order valence-corrected chi connectivity index (χ2v) is 6.96. The summed E-state index contributed by atoms with van der Waals surface area (Å²) in [6, 6.07) is 9.86. The maximum Gasteiger partial charge on any atom is 0.419 e. The van der Waals surface area contributed by atoms with Crippen molar-refractivity contribution in [3.63, 3.8) is 0 Å². The Morgan fingerprint density at radius 2 is 1.87 bits per heavy atom. The number of ether oxygens (including phenoxy) is 1. The highest BCUT2D eigenvalue weighted by Crippen LogP contribution is 2.17. The van der Waals surface area contributed by atoms with Gasteiger partial charge in [0.1, 0.15) is 5.69 Å².